The van der Waals surface area contributed by atoms with Gasteiger partial charge in [0.25, 0.3) is 11.8 Å². The Balaban J connectivity index is 2.04. The summed E-state index contributed by atoms with van der Waals surface area (Å²) in [5.41, 5.74) is 3.92. The first-order chi connectivity index (χ1) is 11.2. The van der Waals surface area contributed by atoms with Gasteiger partial charge >= 0.3 is 0 Å². The van der Waals surface area contributed by atoms with E-state index in [2.05, 4.69) is 19.6 Å². The fourth-order valence-electron chi connectivity index (χ4n) is 3.49. The number of rotatable bonds is 3. The first kappa shape index (κ1) is 17.5. The third kappa shape index (κ3) is 3.12. The van der Waals surface area contributed by atoms with E-state index in [0.717, 1.165) is 30.1 Å². The smallest absolute Gasteiger partial charge is 0.261 e. The number of hydrogen-bond donors (Lipinski definition) is 0. The van der Waals surface area contributed by atoms with Crippen LogP contribution in [0.3, 0.4) is 0 Å². The van der Waals surface area contributed by atoms with Crippen LogP contribution in [0.4, 0.5) is 5.69 Å². The van der Waals surface area contributed by atoms with E-state index < -0.39 is 6.89 Å². The summed E-state index contributed by atoms with van der Waals surface area (Å²) in [5, 5.41) is 0.685. The largest absolute Gasteiger partial charge is 0.269 e. The second-order valence-corrected chi connectivity index (χ2v) is 12.0. The molecule has 0 atom stereocenters. The topological polar surface area (TPSA) is 37.4 Å². The Hall–Kier alpha value is -1.31. The number of amides is 2. The summed E-state index contributed by atoms with van der Waals surface area (Å²) in [6, 6.07) is 3.78. The summed E-state index contributed by atoms with van der Waals surface area (Å²) in [5.74, 6) is -0.287. The lowest BCUT2D eigenvalue weighted by Crippen LogP contribution is -2.32. The summed E-state index contributed by atoms with van der Waals surface area (Å²) in [6.07, 6.45) is 8.43. The highest BCUT2D eigenvalue weighted by molar-refractivity contribution is 7.71. The van der Waals surface area contributed by atoms with Crippen molar-refractivity contribution in [2.75, 3.05) is 18.2 Å². The van der Waals surface area contributed by atoms with Gasteiger partial charge in [-0.05, 0) is 75.4 Å². The molecule has 1 aliphatic carbocycles. The van der Waals surface area contributed by atoms with E-state index in [1.54, 1.807) is 0 Å². The van der Waals surface area contributed by atoms with Gasteiger partial charge in [0.2, 0.25) is 0 Å². The van der Waals surface area contributed by atoms with Crippen LogP contribution in [0.25, 0.3) is 0 Å². The Morgan fingerprint density at radius 1 is 1.12 bits per heavy atom. The number of nitrogens with zero attached hydrogens (tertiary/aromatic N) is 1. The molecule has 128 valence electrons. The molecule has 0 fully saturated rings. The molecule has 0 radical (unpaired) electrons. The van der Waals surface area contributed by atoms with Crippen LogP contribution in [-0.2, 0) is 15.8 Å². The van der Waals surface area contributed by atoms with E-state index in [-0.39, 0.29) is 11.8 Å². The Morgan fingerprint density at radius 2 is 1.67 bits per heavy atom. The molecular weight excluding hydrogens is 341 g/mol. The number of halogens is 1. The van der Waals surface area contributed by atoms with Crippen molar-refractivity contribution in [3.05, 3.63) is 39.4 Å². The lowest BCUT2D eigenvalue weighted by Gasteiger charge is -2.21. The zero-order valence-electron chi connectivity index (χ0n) is 14.5. The molecule has 1 heterocycles. The number of benzene rings is 1. The van der Waals surface area contributed by atoms with Gasteiger partial charge in [0.1, 0.15) is 0 Å². The maximum Gasteiger partial charge on any atom is 0.261 e. The summed E-state index contributed by atoms with van der Waals surface area (Å²) in [6.45, 7) is 4.87. The molecule has 0 bridgehead atoms. The minimum absolute atomic E-state index is 0.144. The van der Waals surface area contributed by atoms with Gasteiger partial charge in [0, 0.05) is 16.2 Å². The standard InChI is InChI=1S/C19H23ClNO2P/c1-12-9-16(20)13(11-24(2,3)4)10-17(12)21-18(22)14-7-5-6-8-15(14)19(21)23/h9-10H,2,5-8,11H2,1,3-4H3. The number of aryl methyl sites for hydroxylation is 1. The molecule has 1 aromatic carbocycles. The van der Waals surface area contributed by atoms with Gasteiger partial charge < -0.3 is 0 Å². The normalized spacial score (nSPS) is 18.4. The van der Waals surface area contributed by atoms with Crippen LogP contribution in [0.5, 0.6) is 0 Å². The molecule has 1 aromatic rings. The predicted octanol–water partition coefficient (Wildman–Crippen LogP) is 4.60. The molecule has 0 unspecified atom stereocenters. The van der Waals surface area contributed by atoms with Crippen LogP contribution < -0.4 is 4.90 Å². The fraction of sp³-hybridized carbons (Fsp3) is 0.421. The number of anilines is 1. The van der Waals surface area contributed by atoms with Crippen LogP contribution in [0, 0.1) is 6.92 Å². The van der Waals surface area contributed by atoms with Gasteiger partial charge in [0.05, 0.1) is 5.69 Å². The monoisotopic (exact) mass is 363 g/mol. The van der Waals surface area contributed by atoms with Gasteiger partial charge in [-0.25, -0.2) is 4.90 Å². The van der Waals surface area contributed by atoms with Crippen LogP contribution in [0.15, 0.2) is 23.3 Å². The molecule has 0 saturated carbocycles. The molecule has 3 rings (SSSR count). The Kier molecular flexibility index (Phi) is 4.53. The highest BCUT2D eigenvalue weighted by Crippen LogP contribution is 2.44. The van der Waals surface area contributed by atoms with Crippen LogP contribution in [0.2, 0.25) is 5.02 Å². The number of carbonyl (C=O) groups is 2. The van der Waals surface area contributed by atoms with Crippen molar-refractivity contribution in [2.45, 2.75) is 38.8 Å². The Morgan fingerprint density at radius 3 is 2.17 bits per heavy atom. The molecule has 0 N–H and O–H groups in total. The predicted molar refractivity (Wildman–Crippen MR) is 104 cm³/mol. The maximum absolute atomic E-state index is 12.8. The molecule has 24 heavy (non-hydrogen) atoms. The Labute approximate surface area is 148 Å². The molecular formula is C19H23ClNO2P. The third-order valence-corrected chi connectivity index (χ3v) is 6.14. The van der Waals surface area contributed by atoms with Crippen molar-refractivity contribution in [3.8, 4) is 0 Å². The van der Waals surface area contributed by atoms with Gasteiger partial charge in [0.15, 0.2) is 0 Å². The molecule has 3 nitrogen and oxygen atoms in total. The quantitative estimate of drug-likeness (QED) is 0.581. The molecule has 2 aliphatic rings. The minimum atomic E-state index is -1.32. The average molecular weight is 364 g/mol. The molecule has 1 aliphatic heterocycles. The summed E-state index contributed by atoms with van der Waals surface area (Å²) < 4.78 is 0. The van der Waals surface area contributed by atoms with E-state index in [1.807, 2.05) is 19.1 Å². The van der Waals surface area contributed by atoms with Crippen molar-refractivity contribution in [1.82, 2.24) is 0 Å². The zero-order chi connectivity index (χ0) is 17.6. The lowest BCUT2D eigenvalue weighted by atomic mass is 9.93. The van der Waals surface area contributed by atoms with Crippen LogP contribution in [0.1, 0.15) is 36.8 Å². The molecule has 5 heteroatoms. The van der Waals surface area contributed by atoms with Gasteiger partial charge in [-0.2, -0.15) is 0 Å². The van der Waals surface area contributed by atoms with Crippen LogP contribution >= 0.6 is 18.5 Å². The minimum Gasteiger partial charge on any atom is -0.269 e. The molecule has 0 spiro atoms. The second kappa shape index (κ2) is 6.20. The Bertz CT molecular complexity index is 791. The highest BCUT2D eigenvalue weighted by Gasteiger charge is 2.40. The molecule has 2 amide bonds. The summed E-state index contributed by atoms with van der Waals surface area (Å²) in [7, 11) is 0. The maximum atomic E-state index is 12.8. The van der Waals surface area contributed by atoms with Crippen molar-refractivity contribution in [2.24, 2.45) is 0 Å². The van der Waals surface area contributed by atoms with E-state index >= 15 is 0 Å². The third-order valence-electron chi connectivity index (χ3n) is 4.59. The van der Waals surface area contributed by atoms with Gasteiger partial charge in [-0.3, -0.25) is 9.59 Å². The first-order valence-corrected chi connectivity index (χ1v) is 11.7. The molecule has 0 saturated heterocycles. The van der Waals surface area contributed by atoms with E-state index in [1.165, 1.54) is 4.90 Å². The highest BCUT2D eigenvalue weighted by atomic mass is 35.5. The van der Waals surface area contributed by atoms with Crippen molar-refractivity contribution < 1.29 is 9.59 Å². The van der Waals surface area contributed by atoms with E-state index in [9.17, 15) is 9.59 Å². The summed E-state index contributed by atoms with van der Waals surface area (Å²) >= 11 is 6.40. The van der Waals surface area contributed by atoms with Crippen molar-refractivity contribution >= 4 is 42.3 Å². The van der Waals surface area contributed by atoms with Gasteiger partial charge in [-0.1, -0.05) is 11.6 Å². The second-order valence-electron chi connectivity index (χ2n) is 7.43. The number of imide groups is 1. The van der Waals surface area contributed by atoms with E-state index in [4.69, 9.17) is 11.6 Å². The van der Waals surface area contributed by atoms with Crippen molar-refractivity contribution in [1.29, 1.82) is 0 Å². The zero-order valence-corrected chi connectivity index (χ0v) is 16.1. The number of carbonyl (C=O) groups excluding carboxylic acids is 2. The van der Waals surface area contributed by atoms with Crippen molar-refractivity contribution in [3.63, 3.8) is 0 Å². The number of hydrogen-bond acceptors (Lipinski definition) is 2. The van der Waals surface area contributed by atoms with E-state index in [0.29, 0.717) is 34.7 Å². The lowest BCUT2D eigenvalue weighted by molar-refractivity contribution is -0.120. The summed E-state index contributed by atoms with van der Waals surface area (Å²) in [4.78, 5) is 26.9. The average Bonchev–Trinajstić information content (AvgIpc) is 2.74. The van der Waals surface area contributed by atoms with Crippen LogP contribution in [-0.4, -0.2) is 31.4 Å². The SMILES string of the molecule is C=P(C)(C)Cc1cc(N2C(=O)C3=C(CCCC3)C2=O)c(C)cc1Cl. The first-order valence-electron chi connectivity index (χ1n) is 8.26. The van der Waals surface area contributed by atoms with Gasteiger partial charge in [-0.15, -0.1) is 13.2 Å². The molecule has 0 aromatic heterocycles. The fourth-order valence-corrected chi connectivity index (χ4v) is 5.05.